The Morgan fingerprint density at radius 1 is 1.11 bits per heavy atom. The molecule has 1 heterocycles. The number of nitrogens with one attached hydrogen (secondary N) is 2. The molecule has 1 saturated carbocycles. The smallest absolute Gasteiger partial charge is 0.223 e. The number of benzene rings is 2. The standard InChI is InChI=1S/C24H29N3O/c1-27(2)19-13-11-17(12-14-19)21(15-26-24(28)18-7-3-4-8-18)22-16-25-23-10-6-5-9-20(22)23/h5-6,9-14,16,18,21,25H,3-4,7-8,15H2,1-2H3,(H,26,28)/t21-/m0/s1. The number of carbonyl (C=O) groups is 1. The number of fused-ring (bicyclic) bond motifs is 1. The van der Waals surface area contributed by atoms with Crippen LogP contribution in [0.2, 0.25) is 0 Å². The Labute approximate surface area is 166 Å². The molecule has 1 aromatic heterocycles. The highest BCUT2D eigenvalue weighted by atomic mass is 16.1. The molecular weight excluding hydrogens is 346 g/mol. The SMILES string of the molecule is CN(C)c1ccc([C@H](CNC(=O)C2CCCC2)c2c[nH]c3ccccc23)cc1. The second-order valence-corrected chi connectivity index (χ2v) is 8.05. The molecule has 0 unspecified atom stereocenters. The molecule has 146 valence electrons. The fourth-order valence-electron chi connectivity index (χ4n) is 4.33. The molecule has 0 radical (unpaired) electrons. The van der Waals surface area contributed by atoms with Gasteiger partial charge in [-0.3, -0.25) is 4.79 Å². The molecule has 28 heavy (non-hydrogen) atoms. The van der Waals surface area contributed by atoms with E-state index in [-0.39, 0.29) is 17.7 Å². The zero-order valence-electron chi connectivity index (χ0n) is 16.7. The van der Waals surface area contributed by atoms with Crippen LogP contribution in [0.4, 0.5) is 5.69 Å². The second kappa shape index (κ2) is 8.09. The predicted octanol–water partition coefficient (Wildman–Crippen LogP) is 4.67. The Morgan fingerprint density at radius 2 is 1.82 bits per heavy atom. The van der Waals surface area contributed by atoms with Gasteiger partial charge in [-0.2, -0.15) is 0 Å². The molecule has 2 N–H and O–H groups in total. The Hall–Kier alpha value is -2.75. The number of anilines is 1. The van der Waals surface area contributed by atoms with E-state index in [4.69, 9.17) is 0 Å². The Kier molecular flexibility index (Phi) is 5.38. The van der Waals surface area contributed by atoms with Crippen LogP contribution in [0.25, 0.3) is 10.9 Å². The molecule has 4 nitrogen and oxygen atoms in total. The molecule has 1 aliphatic rings. The van der Waals surface area contributed by atoms with Gasteiger partial charge in [-0.1, -0.05) is 43.2 Å². The van der Waals surface area contributed by atoms with Gasteiger partial charge in [-0.05, 0) is 42.2 Å². The molecule has 3 aromatic rings. The highest BCUT2D eigenvalue weighted by Gasteiger charge is 2.25. The Morgan fingerprint density at radius 3 is 2.54 bits per heavy atom. The number of amides is 1. The van der Waals surface area contributed by atoms with Gasteiger partial charge in [-0.25, -0.2) is 0 Å². The highest BCUT2D eigenvalue weighted by molar-refractivity contribution is 5.84. The normalized spacial score (nSPS) is 15.6. The summed E-state index contributed by atoms with van der Waals surface area (Å²) in [6, 6.07) is 17.0. The summed E-state index contributed by atoms with van der Waals surface area (Å²) < 4.78 is 0. The summed E-state index contributed by atoms with van der Waals surface area (Å²) in [5.41, 5.74) is 4.77. The van der Waals surface area contributed by atoms with Gasteiger partial charge in [0, 0.05) is 55.3 Å². The van der Waals surface area contributed by atoms with Gasteiger partial charge in [-0.15, -0.1) is 0 Å². The van der Waals surface area contributed by atoms with E-state index in [1.807, 2.05) is 20.2 Å². The van der Waals surface area contributed by atoms with Crippen molar-refractivity contribution in [2.75, 3.05) is 25.5 Å². The molecule has 1 amide bonds. The minimum absolute atomic E-state index is 0.123. The number of H-pyrrole nitrogens is 1. The van der Waals surface area contributed by atoms with Crippen molar-refractivity contribution in [1.82, 2.24) is 10.3 Å². The van der Waals surface area contributed by atoms with Gasteiger partial charge in [0.15, 0.2) is 0 Å². The molecule has 0 spiro atoms. The molecular formula is C24H29N3O. The molecule has 1 fully saturated rings. The zero-order valence-corrected chi connectivity index (χ0v) is 16.7. The van der Waals surface area contributed by atoms with E-state index in [1.54, 1.807) is 0 Å². The number of aromatic nitrogens is 1. The lowest BCUT2D eigenvalue weighted by molar-refractivity contribution is -0.124. The van der Waals surface area contributed by atoms with Gasteiger partial charge >= 0.3 is 0 Å². The van der Waals surface area contributed by atoms with Crippen molar-refractivity contribution in [3.05, 3.63) is 65.9 Å². The Bertz CT molecular complexity index is 936. The van der Waals surface area contributed by atoms with Crippen molar-refractivity contribution in [2.45, 2.75) is 31.6 Å². The number of hydrogen-bond acceptors (Lipinski definition) is 2. The Balaban J connectivity index is 1.63. The number of aromatic amines is 1. The molecule has 1 aliphatic carbocycles. The van der Waals surface area contributed by atoms with Crippen LogP contribution in [0, 0.1) is 5.92 Å². The van der Waals surface area contributed by atoms with Gasteiger partial charge in [0.1, 0.15) is 0 Å². The first-order valence-electron chi connectivity index (χ1n) is 10.2. The fraction of sp³-hybridized carbons (Fsp3) is 0.375. The molecule has 4 rings (SSSR count). The molecule has 4 heteroatoms. The van der Waals surface area contributed by atoms with Crippen molar-refractivity contribution in [3.63, 3.8) is 0 Å². The molecule has 1 atom stereocenters. The monoisotopic (exact) mass is 375 g/mol. The van der Waals surface area contributed by atoms with Gasteiger partial charge in [0.05, 0.1) is 0 Å². The number of para-hydroxylation sites is 1. The fourth-order valence-corrected chi connectivity index (χ4v) is 4.33. The number of carbonyl (C=O) groups excluding carboxylic acids is 1. The van der Waals surface area contributed by atoms with Crippen LogP contribution in [0.1, 0.15) is 42.7 Å². The van der Waals surface area contributed by atoms with Crippen LogP contribution in [-0.2, 0) is 4.79 Å². The van der Waals surface area contributed by atoms with E-state index >= 15 is 0 Å². The average Bonchev–Trinajstić information content (AvgIpc) is 3.39. The summed E-state index contributed by atoms with van der Waals surface area (Å²) in [6.45, 7) is 0.624. The summed E-state index contributed by atoms with van der Waals surface area (Å²) in [6.07, 6.45) is 6.51. The third-order valence-corrected chi connectivity index (χ3v) is 6.01. The van der Waals surface area contributed by atoms with E-state index < -0.39 is 0 Å². The van der Waals surface area contributed by atoms with Crippen LogP contribution >= 0.6 is 0 Å². The molecule has 0 saturated heterocycles. The van der Waals surface area contributed by atoms with E-state index in [0.29, 0.717) is 6.54 Å². The zero-order chi connectivity index (χ0) is 19.5. The first-order chi connectivity index (χ1) is 13.6. The van der Waals surface area contributed by atoms with E-state index in [1.165, 1.54) is 35.0 Å². The number of nitrogens with zero attached hydrogens (tertiary/aromatic N) is 1. The second-order valence-electron chi connectivity index (χ2n) is 8.05. The first-order valence-corrected chi connectivity index (χ1v) is 10.2. The van der Waals surface area contributed by atoms with E-state index in [2.05, 4.69) is 63.9 Å². The third kappa shape index (κ3) is 3.77. The van der Waals surface area contributed by atoms with Crippen molar-refractivity contribution in [2.24, 2.45) is 5.92 Å². The summed E-state index contributed by atoms with van der Waals surface area (Å²) in [4.78, 5) is 18.1. The quantitative estimate of drug-likeness (QED) is 0.658. The summed E-state index contributed by atoms with van der Waals surface area (Å²) in [5.74, 6) is 0.532. The lowest BCUT2D eigenvalue weighted by atomic mass is 9.90. The molecule has 2 aromatic carbocycles. The van der Waals surface area contributed by atoms with Gasteiger partial charge in [0.2, 0.25) is 5.91 Å². The number of rotatable bonds is 6. The van der Waals surface area contributed by atoms with Crippen LogP contribution < -0.4 is 10.2 Å². The van der Waals surface area contributed by atoms with Crippen molar-refractivity contribution in [3.8, 4) is 0 Å². The third-order valence-electron chi connectivity index (χ3n) is 6.01. The highest BCUT2D eigenvalue weighted by Crippen LogP contribution is 2.32. The largest absolute Gasteiger partial charge is 0.378 e. The van der Waals surface area contributed by atoms with E-state index in [0.717, 1.165) is 18.4 Å². The van der Waals surface area contributed by atoms with Gasteiger partial charge < -0.3 is 15.2 Å². The summed E-state index contributed by atoms with van der Waals surface area (Å²) in [5, 5.41) is 4.47. The van der Waals surface area contributed by atoms with Crippen LogP contribution in [0.3, 0.4) is 0 Å². The van der Waals surface area contributed by atoms with Crippen molar-refractivity contribution >= 4 is 22.5 Å². The van der Waals surface area contributed by atoms with Crippen LogP contribution in [-0.4, -0.2) is 31.5 Å². The summed E-state index contributed by atoms with van der Waals surface area (Å²) >= 11 is 0. The minimum Gasteiger partial charge on any atom is -0.378 e. The number of hydrogen-bond donors (Lipinski definition) is 2. The summed E-state index contributed by atoms with van der Waals surface area (Å²) in [7, 11) is 4.10. The average molecular weight is 376 g/mol. The van der Waals surface area contributed by atoms with Crippen molar-refractivity contribution < 1.29 is 4.79 Å². The van der Waals surface area contributed by atoms with Crippen LogP contribution in [0.5, 0.6) is 0 Å². The minimum atomic E-state index is 0.123. The lowest BCUT2D eigenvalue weighted by Crippen LogP contribution is -2.33. The van der Waals surface area contributed by atoms with E-state index in [9.17, 15) is 4.79 Å². The van der Waals surface area contributed by atoms with Gasteiger partial charge in [0.25, 0.3) is 0 Å². The predicted molar refractivity (Wildman–Crippen MR) is 116 cm³/mol. The van der Waals surface area contributed by atoms with Crippen molar-refractivity contribution in [1.29, 1.82) is 0 Å². The molecule has 0 aliphatic heterocycles. The molecule has 0 bridgehead atoms. The maximum Gasteiger partial charge on any atom is 0.223 e. The topological polar surface area (TPSA) is 48.1 Å². The maximum absolute atomic E-state index is 12.6. The lowest BCUT2D eigenvalue weighted by Gasteiger charge is -2.21. The first kappa shape index (κ1) is 18.6. The van der Waals surface area contributed by atoms with Crippen LogP contribution in [0.15, 0.2) is 54.7 Å². The maximum atomic E-state index is 12.6.